The van der Waals surface area contributed by atoms with E-state index in [1.165, 1.54) is 11.3 Å². The zero-order valence-electron chi connectivity index (χ0n) is 9.33. The number of rotatable bonds is 4. The lowest BCUT2D eigenvalue weighted by atomic mass is 10.2. The molecule has 88 valence electrons. The summed E-state index contributed by atoms with van der Waals surface area (Å²) in [6.07, 6.45) is 0. The smallest absolute Gasteiger partial charge is 0.237 e. The van der Waals surface area contributed by atoms with Crippen LogP contribution in [0.1, 0.15) is 0 Å². The fourth-order valence-corrected chi connectivity index (χ4v) is 2.18. The van der Waals surface area contributed by atoms with Crippen LogP contribution in [0, 0.1) is 0 Å². The minimum absolute atomic E-state index is 0.142. The molecule has 0 aliphatic carbocycles. The zero-order valence-corrected chi connectivity index (χ0v) is 10.1. The zero-order chi connectivity index (χ0) is 12.3. The molecule has 0 atom stereocenters. The van der Waals surface area contributed by atoms with Gasteiger partial charge in [0.1, 0.15) is 5.01 Å². The van der Waals surface area contributed by atoms with Crippen molar-refractivity contribution in [3.63, 3.8) is 0 Å². The fourth-order valence-electron chi connectivity index (χ4n) is 1.37. The lowest BCUT2D eigenvalue weighted by molar-refractivity contribution is -0.116. The molecular formula is C11H12N4OS. The predicted molar refractivity (Wildman–Crippen MR) is 67.8 cm³/mol. The van der Waals surface area contributed by atoms with Gasteiger partial charge in [-0.2, -0.15) is 0 Å². The van der Waals surface area contributed by atoms with Crippen LogP contribution in [0.4, 0.5) is 5.13 Å². The van der Waals surface area contributed by atoms with Crippen molar-refractivity contribution in [2.75, 3.05) is 18.5 Å². The Hall–Kier alpha value is -1.95. The summed E-state index contributed by atoms with van der Waals surface area (Å²) in [5.74, 6) is -0.385. The highest BCUT2D eigenvalue weighted by Crippen LogP contribution is 2.27. The number of nitrogens with two attached hydrogens (primary N) is 1. The van der Waals surface area contributed by atoms with Crippen LogP contribution in [0.15, 0.2) is 30.3 Å². The molecule has 2 N–H and O–H groups in total. The molecule has 1 aromatic carbocycles. The minimum atomic E-state index is -0.385. The van der Waals surface area contributed by atoms with E-state index in [0.717, 1.165) is 10.6 Å². The molecule has 0 unspecified atom stereocenters. The Morgan fingerprint density at radius 2 is 2.06 bits per heavy atom. The van der Waals surface area contributed by atoms with Crippen molar-refractivity contribution >= 4 is 22.4 Å². The van der Waals surface area contributed by atoms with Gasteiger partial charge in [0.05, 0.1) is 6.54 Å². The molecule has 0 radical (unpaired) electrons. The molecule has 2 aromatic rings. The Morgan fingerprint density at radius 1 is 1.35 bits per heavy atom. The molecule has 2 rings (SSSR count). The van der Waals surface area contributed by atoms with E-state index in [9.17, 15) is 4.79 Å². The first-order valence-electron chi connectivity index (χ1n) is 5.05. The van der Waals surface area contributed by atoms with Gasteiger partial charge in [-0.25, -0.2) is 0 Å². The van der Waals surface area contributed by atoms with Gasteiger partial charge in [-0.15, -0.1) is 10.2 Å². The number of anilines is 1. The molecule has 6 heteroatoms. The van der Waals surface area contributed by atoms with Gasteiger partial charge >= 0.3 is 0 Å². The maximum absolute atomic E-state index is 10.8. The summed E-state index contributed by atoms with van der Waals surface area (Å²) in [7, 11) is 1.76. The van der Waals surface area contributed by atoms with Crippen molar-refractivity contribution in [2.45, 2.75) is 0 Å². The Kier molecular flexibility index (Phi) is 3.34. The molecule has 0 fully saturated rings. The van der Waals surface area contributed by atoms with E-state index in [1.807, 2.05) is 30.3 Å². The van der Waals surface area contributed by atoms with Crippen LogP contribution in [0.2, 0.25) is 0 Å². The third kappa shape index (κ3) is 2.79. The van der Waals surface area contributed by atoms with E-state index in [-0.39, 0.29) is 12.5 Å². The molecule has 0 bridgehead atoms. The number of amides is 1. The third-order valence-corrected chi connectivity index (χ3v) is 3.24. The Bertz CT molecular complexity index is 511. The van der Waals surface area contributed by atoms with Crippen LogP contribution in [-0.2, 0) is 4.79 Å². The molecule has 0 saturated carbocycles. The highest BCUT2D eigenvalue weighted by molar-refractivity contribution is 7.18. The number of hydrogen-bond donors (Lipinski definition) is 1. The molecule has 0 spiro atoms. The van der Waals surface area contributed by atoms with Gasteiger partial charge in [-0.05, 0) is 0 Å². The molecule has 0 aliphatic rings. The van der Waals surface area contributed by atoms with Gasteiger partial charge in [-0.3, -0.25) is 4.79 Å². The summed E-state index contributed by atoms with van der Waals surface area (Å²) in [5, 5.41) is 9.64. The van der Waals surface area contributed by atoms with E-state index in [1.54, 1.807) is 11.9 Å². The van der Waals surface area contributed by atoms with Crippen LogP contribution < -0.4 is 10.6 Å². The number of likely N-dealkylation sites (N-methyl/N-ethyl adjacent to an activating group) is 1. The third-order valence-electron chi connectivity index (χ3n) is 2.15. The fraction of sp³-hybridized carbons (Fsp3) is 0.182. The highest BCUT2D eigenvalue weighted by Gasteiger charge is 2.11. The van der Waals surface area contributed by atoms with E-state index in [0.29, 0.717) is 5.13 Å². The number of hydrogen-bond acceptors (Lipinski definition) is 5. The van der Waals surface area contributed by atoms with Gasteiger partial charge in [0, 0.05) is 12.6 Å². The minimum Gasteiger partial charge on any atom is -0.368 e. The average molecular weight is 248 g/mol. The number of benzene rings is 1. The van der Waals surface area contributed by atoms with Gasteiger partial charge in [0.15, 0.2) is 0 Å². The summed E-state index contributed by atoms with van der Waals surface area (Å²) in [6, 6.07) is 9.79. The van der Waals surface area contributed by atoms with E-state index < -0.39 is 0 Å². The van der Waals surface area contributed by atoms with Crippen molar-refractivity contribution in [3.8, 4) is 10.6 Å². The summed E-state index contributed by atoms with van der Waals surface area (Å²) >= 11 is 1.43. The van der Waals surface area contributed by atoms with E-state index >= 15 is 0 Å². The Balaban J connectivity index is 2.19. The number of nitrogens with zero attached hydrogens (tertiary/aromatic N) is 3. The van der Waals surface area contributed by atoms with Gasteiger partial charge in [0.2, 0.25) is 11.0 Å². The van der Waals surface area contributed by atoms with Gasteiger partial charge in [0.25, 0.3) is 0 Å². The summed E-state index contributed by atoms with van der Waals surface area (Å²) in [4.78, 5) is 12.5. The first-order chi connectivity index (χ1) is 8.16. The SMILES string of the molecule is CN(CC(N)=O)c1nnc(-c2ccccc2)s1. The van der Waals surface area contributed by atoms with Crippen LogP contribution in [0.5, 0.6) is 0 Å². The molecule has 17 heavy (non-hydrogen) atoms. The summed E-state index contributed by atoms with van der Waals surface area (Å²) in [5.41, 5.74) is 6.14. The molecule has 1 heterocycles. The molecule has 1 amide bonds. The van der Waals surface area contributed by atoms with Crippen molar-refractivity contribution in [1.29, 1.82) is 0 Å². The largest absolute Gasteiger partial charge is 0.368 e. The van der Waals surface area contributed by atoms with Crippen molar-refractivity contribution < 1.29 is 4.79 Å². The standard InChI is InChI=1S/C11H12N4OS/c1-15(7-9(12)16)11-14-13-10(17-11)8-5-3-2-4-6-8/h2-6H,7H2,1H3,(H2,12,16). The van der Waals surface area contributed by atoms with E-state index in [4.69, 9.17) is 5.73 Å². The number of primary amides is 1. The van der Waals surface area contributed by atoms with Crippen LogP contribution >= 0.6 is 11.3 Å². The van der Waals surface area contributed by atoms with Crippen molar-refractivity contribution in [2.24, 2.45) is 5.73 Å². The summed E-state index contributed by atoms with van der Waals surface area (Å²) < 4.78 is 0. The lowest BCUT2D eigenvalue weighted by Gasteiger charge is -2.11. The molecule has 5 nitrogen and oxygen atoms in total. The number of carbonyl (C=O) groups is 1. The first-order valence-corrected chi connectivity index (χ1v) is 5.87. The topological polar surface area (TPSA) is 72.1 Å². The van der Waals surface area contributed by atoms with E-state index in [2.05, 4.69) is 10.2 Å². The predicted octanol–water partition coefficient (Wildman–Crippen LogP) is 1.13. The van der Waals surface area contributed by atoms with Gasteiger partial charge < -0.3 is 10.6 Å². The van der Waals surface area contributed by atoms with Crippen LogP contribution in [0.3, 0.4) is 0 Å². The maximum Gasteiger partial charge on any atom is 0.237 e. The monoisotopic (exact) mass is 248 g/mol. The van der Waals surface area contributed by atoms with Gasteiger partial charge in [-0.1, -0.05) is 41.7 Å². The van der Waals surface area contributed by atoms with Crippen molar-refractivity contribution in [3.05, 3.63) is 30.3 Å². The number of aromatic nitrogens is 2. The highest BCUT2D eigenvalue weighted by atomic mass is 32.1. The second-order valence-electron chi connectivity index (χ2n) is 3.58. The Morgan fingerprint density at radius 3 is 2.71 bits per heavy atom. The molecule has 0 saturated heterocycles. The number of carbonyl (C=O) groups excluding carboxylic acids is 1. The van der Waals surface area contributed by atoms with Crippen LogP contribution in [-0.4, -0.2) is 29.7 Å². The second-order valence-corrected chi connectivity index (χ2v) is 4.53. The lowest BCUT2D eigenvalue weighted by Crippen LogP contribution is -2.30. The quantitative estimate of drug-likeness (QED) is 0.880. The second kappa shape index (κ2) is 4.92. The maximum atomic E-state index is 10.8. The normalized spacial score (nSPS) is 10.2. The molecule has 0 aliphatic heterocycles. The van der Waals surface area contributed by atoms with Crippen LogP contribution in [0.25, 0.3) is 10.6 Å². The average Bonchev–Trinajstić information content (AvgIpc) is 2.78. The summed E-state index contributed by atoms with van der Waals surface area (Å²) in [6.45, 7) is 0.142. The molecule has 1 aromatic heterocycles. The first kappa shape index (κ1) is 11.5. The molecular weight excluding hydrogens is 236 g/mol. The van der Waals surface area contributed by atoms with Crippen molar-refractivity contribution in [1.82, 2.24) is 10.2 Å². The Labute approximate surface area is 103 Å².